The van der Waals surface area contributed by atoms with Gasteiger partial charge in [-0.05, 0) is 26.0 Å². The van der Waals surface area contributed by atoms with Gasteiger partial charge in [-0.1, -0.05) is 0 Å². The molecule has 0 saturated carbocycles. The number of hydrogen-bond donors (Lipinski definition) is 0. The first-order valence-corrected chi connectivity index (χ1v) is 5.61. The van der Waals surface area contributed by atoms with Crippen molar-refractivity contribution in [2.75, 3.05) is 6.61 Å². The van der Waals surface area contributed by atoms with Crippen LogP contribution in [0.25, 0.3) is 11.0 Å². The molecule has 2 rings (SSSR count). The molecule has 0 spiro atoms. The monoisotopic (exact) mass is 247 g/mol. The van der Waals surface area contributed by atoms with Crippen molar-refractivity contribution in [3.05, 3.63) is 24.7 Å². The third-order valence-corrected chi connectivity index (χ3v) is 2.28. The van der Waals surface area contributed by atoms with E-state index >= 15 is 0 Å². The quantitative estimate of drug-likeness (QED) is 0.759. The third kappa shape index (κ3) is 2.53. The molecule has 2 heterocycles. The number of ether oxygens (including phenoxy) is 2. The van der Waals surface area contributed by atoms with Crippen LogP contribution in [0.4, 0.5) is 0 Å². The summed E-state index contributed by atoms with van der Waals surface area (Å²) < 4.78 is 10.3. The molecule has 0 aliphatic rings. The van der Waals surface area contributed by atoms with E-state index in [9.17, 15) is 4.79 Å². The molecular weight excluding hydrogens is 234 g/mol. The van der Waals surface area contributed by atoms with Gasteiger partial charge in [0.05, 0.1) is 12.0 Å². The molecule has 1 atom stereocenters. The number of carbonyl (C=O) groups is 1. The smallest absolute Gasteiger partial charge is 0.347 e. The summed E-state index contributed by atoms with van der Waals surface area (Å²) in [6.45, 7) is 3.68. The minimum atomic E-state index is -0.719. The highest BCUT2D eigenvalue weighted by atomic mass is 16.6. The molecule has 0 bridgehead atoms. The average Bonchev–Trinajstić information content (AvgIpc) is 2.39. The highest BCUT2D eigenvalue weighted by Gasteiger charge is 2.17. The molecule has 0 fully saturated rings. The number of hydrogen-bond acceptors (Lipinski definition) is 6. The Labute approximate surface area is 104 Å². The van der Waals surface area contributed by atoms with E-state index < -0.39 is 12.1 Å². The number of aromatic nitrogens is 3. The van der Waals surface area contributed by atoms with E-state index in [1.54, 1.807) is 32.2 Å². The lowest BCUT2D eigenvalue weighted by atomic mass is 10.3. The predicted molar refractivity (Wildman–Crippen MR) is 64.1 cm³/mol. The maximum atomic E-state index is 11.5. The van der Waals surface area contributed by atoms with Crippen molar-refractivity contribution in [1.82, 2.24) is 15.0 Å². The lowest BCUT2D eigenvalue weighted by Crippen LogP contribution is -2.26. The summed E-state index contributed by atoms with van der Waals surface area (Å²) in [4.78, 5) is 23.6. The van der Waals surface area contributed by atoms with Crippen molar-refractivity contribution in [1.29, 1.82) is 0 Å². The van der Waals surface area contributed by atoms with Crippen molar-refractivity contribution in [2.45, 2.75) is 20.0 Å². The summed E-state index contributed by atoms with van der Waals surface area (Å²) in [7, 11) is 0. The molecule has 0 amide bonds. The molecule has 0 saturated heterocycles. The van der Waals surface area contributed by atoms with Gasteiger partial charge in [-0.3, -0.25) is 0 Å². The van der Waals surface area contributed by atoms with Gasteiger partial charge in [0.25, 0.3) is 0 Å². The molecule has 2 aromatic heterocycles. The van der Waals surface area contributed by atoms with Gasteiger partial charge < -0.3 is 9.47 Å². The second-order valence-corrected chi connectivity index (χ2v) is 3.57. The summed E-state index contributed by atoms with van der Waals surface area (Å²) in [6, 6.07) is 3.54. The van der Waals surface area contributed by atoms with Crippen LogP contribution < -0.4 is 4.74 Å². The number of rotatable bonds is 4. The molecule has 0 aliphatic carbocycles. The molecule has 2 aromatic rings. The molecule has 0 radical (unpaired) electrons. The van der Waals surface area contributed by atoms with Crippen LogP contribution in [-0.2, 0) is 9.53 Å². The Morgan fingerprint density at radius 3 is 3.00 bits per heavy atom. The van der Waals surface area contributed by atoms with Gasteiger partial charge in [-0.15, -0.1) is 0 Å². The van der Waals surface area contributed by atoms with Crippen molar-refractivity contribution in [2.24, 2.45) is 0 Å². The fourth-order valence-electron chi connectivity index (χ4n) is 1.44. The van der Waals surface area contributed by atoms with Crippen LogP contribution >= 0.6 is 0 Å². The van der Waals surface area contributed by atoms with Gasteiger partial charge in [-0.25, -0.2) is 19.7 Å². The molecule has 6 heteroatoms. The van der Waals surface area contributed by atoms with E-state index in [0.717, 1.165) is 0 Å². The summed E-state index contributed by atoms with van der Waals surface area (Å²) in [5.74, 6) is -0.0956. The van der Waals surface area contributed by atoms with Crippen LogP contribution in [0.2, 0.25) is 0 Å². The minimum Gasteiger partial charge on any atom is -0.463 e. The van der Waals surface area contributed by atoms with Crippen LogP contribution in [0.5, 0.6) is 5.88 Å². The molecule has 0 aromatic carbocycles. The number of nitrogens with zero attached hydrogens (tertiary/aromatic N) is 3. The van der Waals surface area contributed by atoms with Crippen LogP contribution in [0.1, 0.15) is 13.8 Å². The van der Waals surface area contributed by atoms with Crippen LogP contribution in [-0.4, -0.2) is 33.6 Å². The summed E-state index contributed by atoms with van der Waals surface area (Å²) in [5, 5.41) is 0.663. The third-order valence-electron chi connectivity index (χ3n) is 2.28. The topological polar surface area (TPSA) is 74.2 Å². The lowest BCUT2D eigenvalue weighted by Gasteiger charge is -2.13. The minimum absolute atomic E-state index is 0.318. The van der Waals surface area contributed by atoms with E-state index in [1.165, 1.54) is 6.33 Å². The first-order valence-electron chi connectivity index (χ1n) is 5.61. The lowest BCUT2D eigenvalue weighted by molar-refractivity contribution is -0.150. The average molecular weight is 247 g/mol. The highest BCUT2D eigenvalue weighted by Crippen LogP contribution is 2.20. The zero-order valence-corrected chi connectivity index (χ0v) is 10.2. The normalized spacial score (nSPS) is 12.1. The highest BCUT2D eigenvalue weighted by molar-refractivity contribution is 5.80. The van der Waals surface area contributed by atoms with Crippen LogP contribution in [0.15, 0.2) is 24.7 Å². The molecule has 0 aliphatic heterocycles. The Morgan fingerprint density at radius 2 is 2.22 bits per heavy atom. The standard InChI is InChI=1S/C12H13N3O3/c1-3-17-12(16)8(2)18-11-9-5-4-6-13-10(9)14-7-15-11/h4-8H,3H2,1-2H3. The van der Waals surface area contributed by atoms with E-state index in [1.807, 2.05) is 0 Å². The van der Waals surface area contributed by atoms with Gasteiger partial charge in [0.1, 0.15) is 6.33 Å². The fraction of sp³-hybridized carbons (Fsp3) is 0.333. The molecule has 1 unspecified atom stereocenters. The number of carbonyl (C=O) groups excluding carboxylic acids is 1. The number of pyridine rings is 1. The zero-order valence-electron chi connectivity index (χ0n) is 10.2. The number of fused-ring (bicyclic) bond motifs is 1. The van der Waals surface area contributed by atoms with Crippen molar-refractivity contribution in [3.63, 3.8) is 0 Å². The SMILES string of the molecule is CCOC(=O)C(C)Oc1ncnc2ncccc12. The molecule has 94 valence electrons. The Bertz CT molecular complexity index is 554. The molecule has 6 nitrogen and oxygen atoms in total. The first-order chi connectivity index (χ1) is 8.72. The Kier molecular flexibility index (Phi) is 3.66. The maximum absolute atomic E-state index is 11.5. The molecular formula is C12H13N3O3. The largest absolute Gasteiger partial charge is 0.463 e. The van der Waals surface area contributed by atoms with Gasteiger partial charge in [0.2, 0.25) is 5.88 Å². The van der Waals surface area contributed by atoms with Gasteiger partial charge in [0.15, 0.2) is 11.8 Å². The molecule has 18 heavy (non-hydrogen) atoms. The van der Waals surface area contributed by atoms with Gasteiger partial charge in [-0.2, -0.15) is 0 Å². The van der Waals surface area contributed by atoms with E-state index in [-0.39, 0.29) is 0 Å². The predicted octanol–water partition coefficient (Wildman–Crippen LogP) is 1.36. The second kappa shape index (κ2) is 5.39. The number of esters is 1. The molecule has 0 N–H and O–H groups in total. The maximum Gasteiger partial charge on any atom is 0.347 e. The fourth-order valence-corrected chi connectivity index (χ4v) is 1.44. The van der Waals surface area contributed by atoms with E-state index in [4.69, 9.17) is 9.47 Å². The van der Waals surface area contributed by atoms with Crippen molar-refractivity contribution in [3.8, 4) is 5.88 Å². The Hall–Kier alpha value is -2.24. The van der Waals surface area contributed by atoms with Crippen molar-refractivity contribution < 1.29 is 14.3 Å². The van der Waals surface area contributed by atoms with Gasteiger partial charge in [0, 0.05) is 6.20 Å². The summed E-state index contributed by atoms with van der Waals surface area (Å²) >= 11 is 0. The summed E-state index contributed by atoms with van der Waals surface area (Å²) in [5.41, 5.74) is 0.526. The van der Waals surface area contributed by atoms with E-state index in [2.05, 4.69) is 15.0 Å². The Morgan fingerprint density at radius 1 is 1.39 bits per heavy atom. The Balaban J connectivity index is 2.24. The van der Waals surface area contributed by atoms with Crippen molar-refractivity contribution >= 4 is 17.0 Å². The van der Waals surface area contributed by atoms with Gasteiger partial charge >= 0.3 is 5.97 Å². The van der Waals surface area contributed by atoms with Crippen LogP contribution in [0, 0.1) is 0 Å². The second-order valence-electron chi connectivity index (χ2n) is 3.57. The van der Waals surface area contributed by atoms with E-state index in [0.29, 0.717) is 23.5 Å². The first kappa shape index (κ1) is 12.2. The zero-order chi connectivity index (χ0) is 13.0. The summed E-state index contributed by atoms with van der Waals surface area (Å²) in [6.07, 6.45) is 2.26. The van der Waals surface area contributed by atoms with Crippen LogP contribution in [0.3, 0.4) is 0 Å².